The number of pyridine rings is 1. The number of carbonyl (C=O) groups is 1. The predicted octanol–water partition coefficient (Wildman–Crippen LogP) is 1.09. The van der Waals surface area contributed by atoms with Crippen LogP contribution in [0.5, 0.6) is 0 Å². The Labute approximate surface area is 130 Å². The maximum Gasteiger partial charge on any atom is 0.0372 e. The molecule has 2 aromatic rings. The van der Waals surface area contributed by atoms with E-state index in [0.29, 0.717) is 0 Å². The Kier molecular flexibility index (Phi) is 7.01. The summed E-state index contributed by atoms with van der Waals surface area (Å²) >= 11 is -4.92. The van der Waals surface area contributed by atoms with Gasteiger partial charge in [-0.05, 0) is 19.1 Å². The molecule has 1 unspecified atom stereocenters. The van der Waals surface area contributed by atoms with E-state index in [2.05, 4.69) is 14.2 Å². The number of nitrogens with zero attached hydrogens (tertiary/aromatic N) is 1. The van der Waals surface area contributed by atoms with Gasteiger partial charge >= 0.3 is 88.4 Å². The van der Waals surface area contributed by atoms with Crippen molar-refractivity contribution in [3.63, 3.8) is 0 Å². The van der Waals surface area contributed by atoms with Gasteiger partial charge in [-0.25, -0.2) is 0 Å². The van der Waals surface area contributed by atoms with Gasteiger partial charge in [-0.1, -0.05) is 6.07 Å². The van der Waals surface area contributed by atoms with Crippen LogP contribution < -0.4 is 9.67 Å². The second-order valence-corrected chi connectivity index (χ2v) is 7.81. The van der Waals surface area contributed by atoms with E-state index in [9.17, 15) is 12.6 Å². The minimum atomic E-state index is -4.92. The first-order valence-electron chi connectivity index (χ1n) is 6.27. The van der Waals surface area contributed by atoms with E-state index >= 15 is 0 Å². The van der Waals surface area contributed by atoms with E-state index in [4.69, 9.17) is 5.26 Å². The number of amides is 1. The number of hydrogen-bond acceptors (Lipinski definition) is 5. The van der Waals surface area contributed by atoms with E-state index in [1.807, 2.05) is 25.1 Å². The van der Waals surface area contributed by atoms with Crippen molar-refractivity contribution in [3.8, 4) is 0 Å². The van der Waals surface area contributed by atoms with Gasteiger partial charge in [-0.2, -0.15) is 0 Å². The molecular weight excluding hydrogens is 351 g/mol. The van der Waals surface area contributed by atoms with E-state index in [1.54, 1.807) is 12.3 Å². The molecule has 0 bridgehead atoms. The molecule has 1 aromatic carbocycles. The van der Waals surface area contributed by atoms with Gasteiger partial charge in [0.05, 0.1) is 0 Å². The van der Waals surface area contributed by atoms with Crippen LogP contribution in [-0.4, -0.2) is 34.4 Å². The summed E-state index contributed by atoms with van der Waals surface area (Å²) in [4.78, 5) is 14.8. The number of hydrogen-bond donors (Lipinski definition) is 3. The van der Waals surface area contributed by atoms with E-state index in [-0.39, 0.29) is 15.9 Å². The van der Waals surface area contributed by atoms with Crippen molar-refractivity contribution in [3.05, 3.63) is 54.4 Å². The molecule has 2 rings (SSSR count). The molecule has 0 aliphatic heterocycles. The third-order valence-corrected chi connectivity index (χ3v) is 5.00. The number of para-hydroxylation sites is 1. The SMILES string of the molecule is CC(=O)Nc1ccccc1[As](=O)(O)OO.Cc1ccccn1. The van der Waals surface area contributed by atoms with Gasteiger partial charge in [-0.3, -0.25) is 4.98 Å². The van der Waals surface area contributed by atoms with Gasteiger partial charge in [0.2, 0.25) is 0 Å². The number of benzene rings is 1. The second-order valence-electron chi connectivity index (χ2n) is 4.27. The molecule has 1 amide bonds. The summed E-state index contributed by atoms with van der Waals surface area (Å²) in [5.41, 5.74) is 1.23. The van der Waals surface area contributed by atoms with Gasteiger partial charge in [0, 0.05) is 11.9 Å². The fraction of sp³-hybridized carbons (Fsp3) is 0.143. The Balaban J connectivity index is 0.000000287. The summed E-state index contributed by atoms with van der Waals surface area (Å²) in [7, 11) is 0. The minimum Gasteiger partial charge on any atom is -0.262 e. The van der Waals surface area contributed by atoms with Crippen LogP contribution in [0.4, 0.5) is 5.69 Å². The molecule has 1 heterocycles. The van der Waals surface area contributed by atoms with E-state index in [1.165, 1.54) is 25.1 Å². The normalized spacial score (nSPS) is 12.5. The predicted molar refractivity (Wildman–Crippen MR) is 81.7 cm³/mol. The molecule has 0 aliphatic carbocycles. The van der Waals surface area contributed by atoms with Crippen molar-refractivity contribution >= 4 is 30.1 Å². The van der Waals surface area contributed by atoms with Crippen molar-refractivity contribution < 1.29 is 21.8 Å². The van der Waals surface area contributed by atoms with Crippen LogP contribution >= 0.6 is 0 Å². The third-order valence-electron chi connectivity index (χ3n) is 2.44. The van der Waals surface area contributed by atoms with Crippen LogP contribution in [0.1, 0.15) is 12.6 Å². The molecule has 22 heavy (non-hydrogen) atoms. The summed E-state index contributed by atoms with van der Waals surface area (Å²) in [6.07, 6.45) is 1.79. The van der Waals surface area contributed by atoms with Crippen LogP contribution in [0.3, 0.4) is 0 Å². The Morgan fingerprint density at radius 3 is 2.32 bits per heavy atom. The largest absolute Gasteiger partial charge is 0.262 e. The van der Waals surface area contributed by atoms with Crippen molar-refractivity contribution in [2.24, 2.45) is 0 Å². The molecule has 0 radical (unpaired) electrons. The molecule has 1 atom stereocenters. The Bertz CT molecular complexity index is 663. The Morgan fingerprint density at radius 1 is 1.23 bits per heavy atom. The molecule has 0 spiro atoms. The standard InChI is InChI=1S/C8H10AsNO5.C6H7N/c1-6(11)10-8-5-3-2-4-7(8)9(12,13)15-14;1-6-4-2-3-5-7-6/h2-5,14H,1H3,(H,10,11)(H,12,13);2-5H,1H3. The van der Waals surface area contributed by atoms with Crippen molar-refractivity contribution in [2.45, 2.75) is 13.8 Å². The number of carbonyl (C=O) groups excluding carboxylic acids is 1. The van der Waals surface area contributed by atoms with Gasteiger partial charge in [0.15, 0.2) is 0 Å². The first kappa shape index (κ1) is 18.1. The fourth-order valence-electron chi connectivity index (χ4n) is 1.51. The van der Waals surface area contributed by atoms with Crippen molar-refractivity contribution in [2.75, 3.05) is 5.32 Å². The van der Waals surface area contributed by atoms with Gasteiger partial charge in [0.25, 0.3) is 0 Å². The smallest absolute Gasteiger partial charge is 0.0372 e. The first-order valence-corrected chi connectivity index (χ1v) is 9.58. The topological polar surface area (TPSA) is 109 Å². The molecule has 7 nitrogen and oxygen atoms in total. The summed E-state index contributed by atoms with van der Waals surface area (Å²) < 4.78 is 24.1. The average Bonchev–Trinajstić information content (AvgIpc) is 2.48. The quantitative estimate of drug-likeness (QED) is 0.425. The zero-order chi connectivity index (χ0) is 16.6. The van der Waals surface area contributed by atoms with Crippen LogP contribution in [0.2, 0.25) is 0 Å². The molecule has 0 saturated heterocycles. The number of rotatable bonds is 3. The van der Waals surface area contributed by atoms with E-state index < -0.39 is 14.2 Å². The Morgan fingerprint density at radius 2 is 1.86 bits per heavy atom. The summed E-state index contributed by atoms with van der Waals surface area (Å²) in [6, 6.07) is 11.7. The zero-order valence-electron chi connectivity index (χ0n) is 12.1. The molecule has 118 valence electrons. The molecule has 1 aromatic heterocycles. The first-order chi connectivity index (χ1) is 10.4. The molecule has 0 aliphatic rings. The minimum absolute atomic E-state index is 0.103. The summed E-state index contributed by atoms with van der Waals surface area (Å²) in [5.74, 6) is -0.379. The molecule has 0 fully saturated rings. The average molecular weight is 368 g/mol. The fourth-order valence-corrected chi connectivity index (χ4v) is 3.18. The number of anilines is 1. The number of aromatic nitrogens is 1. The second kappa shape index (κ2) is 8.50. The molecule has 0 saturated carbocycles. The van der Waals surface area contributed by atoms with Gasteiger partial charge in [-0.15, -0.1) is 0 Å². The van der Waals surface area contributed by atoms with Crippen molar-refractivity contribution in [1.29, 1.82) is 0 Å². The van der Waals surface area contributed by atoms with Crippen LogP contribution in [0.15, 0.2) is 48.7 Å². The maximum atomic E-state index is 11.4. The third kappa shape index (κ3) is 5.83. The van der Waals surface area contributed by atoms with Crippen LogP contribution in [0, 0.1) is 6.92 Å². The monoisotopic (exact) mass is 368 g/mol. The number of aryl methyl sites for hydroxylation is 1. The molecule has 8 heteroatoms. The Hall–Kier alpha value is -1.92. The van der Waals surface area contributed by atoms with Gasteiger partial charge < -0.3 is 0 Å². The summed E-state index contributed by atoms with van der Waals surface area (Å²) in [5, 5.41) is 10.7. The van der Waals surface area contributed by atoms with Crippen LogP contribution in [0.25, 0.3) is 0 Å². The van der Waals surface area contributed by atoms with Crippen molar-refractivity contribution in [1.82, 2.24) is 4.98 Å². The molecule has 3 N–H and O–H groups in total. The zero-order valence-corrected chi connectivity index (χ0v) is 14.0. The molecular formula is C14H17AsN2O5. The number of nitrogens with one attached hydrogen (secondary N) is 1. The maximum absolute atomic E-state index is 11.4. The van der Waals surface area contributed by atoms with Crippen LogP contribution in [-0.2, 0) is 12.4 Å². The van der Waals surface area contributed by atoms with E-state index in [0.717, 1.165) is 5.69 Å². The summed E-state index contributed by atoms with van der Waals surface area (Å²) in [6.45, 7) is 3.24. The van der Waals surface area contributed by atoms with Gasteiger partial charge in [0.1, 0.15) is 0 Å².